The molecule has 0 amide bonds. The molecule has 0 aliphatic heterocycles. The van der Waals surface area contributed by atoms with Crippen molar-refractivity contribution in [2.45, 2.75) is 19.3 Å². The van der Waals surface area contributed by atoms with Gasteiger partial charge in [0.05, 0.1) is 11.4 Å². The van der Waals surface area contributed by atoms with E-state index in [-0.39, 0.29) is 5.41 Å². The van der Waals surface area contributed by atoms with Crippen LogP contribution in [-0.2, 0) is 5.41 Å². The summed E-state index contributed by atoms with van der Waals surface area (Å²) in [5.41, 5.74) is 10.4. The highest BCUT2D eigenvalue weighted by atomic mass is 79.9. The van der Waals surface area contributed by atoms with Gasteiger partial charge in [-0.2, -0.15) is 0 Å². The molecule has 0 fully saturated rings. The first-order valence-electron chi connectivity index (χ1n) is 11.5. The fourth-order valence-electron chi connectivity index (χ4n) is 4.94. The molecule has 0 spiro atoms. The lowest BCUT2D eigenvalue weighted by Gasteiger charge is -2.22. The molecule has 164 valence electrons. The Bertz CT molecular complexity index is 1520. The number of halogens is 1. The Morgan fingerprint density at radius 3 is 1.94 bits per heavy atom. The summed E-state index contributed by atoms with van der Waals surface area (Å²) in [6.45, 7) is 4.62. The minimum Gasteiger partial charge on any atom is -0.228 e. The first kappa shape index (κ1) is 21.0. The monoisotopic (exact) mass is 502 g/mol. The molecule has 0 bridgehead atoms. The van der Waals surface area contributed by atoms with Crippen molar-refractivity contribution in [1.82, 2.24) is 9.97 Å². The molecule has 1 aliphatic carbocycles. The van der Waals surface area contributed by atoms with E-state index in [0.717, 1.165) is 38.4 Å². The summed E-state index contributed by atoms with van der Waals surface area (Å²) in [6, 6.07) is 36.1. The molecular formula is C31H23BrN2. The number of hydrogen-bond donors (Lipinski definition) is 0. The molecular weight excluding hydrogens is 480 g/mol. The Morgan fingerprint density at radius 2 is 1.18 bits per heavy atom. The van der Waals surface area contributed by atoms with Crippen LogP contribution in [0.4, 0.5) is 0 Å². The minimum atomic E-state index is -0.0498. The van der Waals surface area contributed by atoms with Gasteiger partial charge >= 0.3 is 0 Å². The maximum atomic E-state index is 5.02. The zero-order valence-electron chi connectivity index (χ0n) is 19.1. The standard InChI is InChI=1S/C31H23BrN2/c1-31(2)26-11-7-6-10-24(26)25-17-14-22(18-27(25)31)29-19-28(20-12-15-23(32)16-13-20)33-30(34-29)21-8-4-3-5-9-21/h3-19H,1-2H3. The van der Waals surface area contributed by atoms with E-state index in [0.29, 0.717) is 0 Å². The number of hydrogen-bond acceptors (Lipinski definition) is 2. The third-order valence-corrected chi connectivity index (χ3v) is 7.31. The van der Waals surface area contributed by atoms with Crippen LogP contribution in [0, 0.1) is 0 Å². The predicted octanol–water partition coefficient (Wildman–Crippen LogP) is 8.55. The molecule has 1 aromatic heterocycles. The summed E-state index contributed by atoms with van der Waals surface area (Å²) in [6.07, 6.45) is 0. The lowest BCUT2D eigenvalue weighted by molar-refractivity contribution is 0.660. The highest BCUT2D eigenvalue weighted by Crippen LogP contribution is 2.49. The predicted molar refractivity (Wildman–Crippen MR) is 144 cm³/mol. The Hall–Kier alpha value is -3.56. The van der Waals surface area contributed by atoms with E-state index in [9.17, 15) is 0 Å². The third kappa shape index (κ3) is 3.48. The van der Waals surface area contributed by atoms with E-state index in [4.69, 9.17) is 9.97 Å². The maximum absolute atomic E-state index is 5.02. The summed E-state index contributed by atoms with van der Waals surface area (Å²) < 4.78 is 1.05. The molecule has 2 nitrogen and oxygen atoms in total. The number of fused-ring (bicyclic) bond motifs is 3. The summed E-state index contributed by atoms with van der Waals surface area (Å²) >= 11 is 3.54. The first-order valence-corrected chi connectivity index (χ1v) is 12.3. The molecule has 3 heteroatoms. The van der Waals surface area contributed by atoms with Crippen LogP contribution in [0.15, 0.2) is 108 Å². The van der Waals surface area contributed by atoms with Crippen LogP contribution in [0.5, 0.6) is 0 Å². The molecule has 5 aromatic rings. The normalized spacial score (nSPS) is 13.4. The van der Waals surface area contributed by atoms with Crippen molar-refractivity contribution < 1.29 is 0 Å². The van der Waals surface area contributed by atoms with Gasteiger partial charge < -0.3 is 0 Å². The second kappa shape index (κ2) is 8.03. The zero-order valence-corrected chi connectivity index (χ0v) is 20.7. The Morgan fingerprint density at radius 1 is 0.559 bits per heavy atom. The highest BCUT2D eigenvalue weighted by molar-refractivity contribution is 9.10. The van der Waals surface area contributed by atoms with Gasteiger partial charge in [0, 0.05) is 26.6 Å². The first-order chi connectivity index (χ1) is 16.5. The van der Waals surface area contributed by atoms with E-state index in [2.05, 4.69) is 115 Å². The second-order valence-corrected chi connectivity index (χ2v) is 10.2. The quantitative estimate of drug-likeness (QED) is 0.247. The SMILES string of the molecule is CC1(C)c2ccccc2-c2ccc(-c3cc(-c4ccc(Br)cc4)nc(-c4ccccc4)n3)cc21. The topological polar surface area (TPSA) is 25.8 Å². The number of aromatic nitrogens is 2. The van der Waals surface area contributed by atoms with Crippen LogP contribution in [0.25, 0.3) is 45.0 Å². The smallest absolute Gasteiger partial charge is 0.160 e. The van der Waals surface area contributed by atoms with E-state index >= 15 is 0 Å². The fraction of sp³-hybridized carbons (Fsp3) is 0.0968. The summed E-state index contributed by atoms with van der Waals surface area (Å²) in [5, 5.41) is 0. The van der Waals surface area contributed by atoms with Gasteiger partial charge in [-0.05, 0) is 46.5 Å². The van der Waals surface area contributed by atoms with Gasteiger partial charge in [0.25, 0.3) is 0 Å². The highest BCUT2D eigenvalue weighted by Gasteiger charge is 2.35. The van der Waals surface area contributed by atoms with Crippen molar-refractivity contribution >= 4 is 15.9 Å². The van der Waals surface area contributed by atoms with Crippen molar-refractivity contribution in [3.63, 3.8) is 0 Å². The van der Waals surface area contributed by atoms with Crippen molar-refractivity contribution in [1.29, 1.82) is 0 Å². The van der Waals surface area contributed by atoms with Crippen LogP contribution in [0.3, 0.4) is 0 Å². The molecule has 1 heterocycles. The zero-order chi connectivity index (χ0) is 23.3. The fourth-order valence-corrected chi connectivity index (χ4v) is 5.21. The van der Waals surface area contributed by atoms with Gasteiger partial charge in [-0.15, -0.1) is 0 Å². The average Bonchev–Trinajstić information content (AvgIpc) is 3.11. The lowest BCUT2D eigenvalue weighted by Crippen LogP contribution is -2.14. The van der Waals surface area contributed by atoms with E-state index in [1.54, 1.807) is 0 Å². The molecule has 0 saturated carbocycles. The van der Waals surface area contributed by atoms with Crippen LogP contribution in [-0.4, -0.2) is 9.97 Å². The Kier molecular flexibility index (Phi) is 4.96. The van der Waals surface area contributed by atoms with E-state index < -0.39 is 0 Å². The molecule has 0 radical (unpaired) electrons. The van der Waals surface area contributed by atoms with Crippen LogP contribution >= 0.6 is 15.9 Å². The van der Waals surface area contributed by atoms with E-state index in [1.165, 1.54) is 22.3 Å². The van der Waals surface area contributed by atoms with Gasteiger partial charge in [-0.3, -0.25) is 0 Å². The van der Waals surface area contributed by atoms with Gasteiger partial charge in [0.2, 0.25) is 0 Å². The average molecular weight is 503 g/mol. The van der Waals surface area contributed by atoms with Crippen molar-refractivity contribution in [3.8, 4) is 45.0 Å². The molecule has 34 heavy (non-hydrogen) atoms. The number of rotatable bonds is 3. The van der Waals surface area contributed by atoms with Crippen molar-refractivity contribution in [2.75, 3.05) is 0 Å². The largest absolute Gasteiger partial charge is 0.228 e. The molecule has 6 rings (SSSR count). The van der Waals surface area contributed by atoms with Gasteiger partial charge in [0.1, 0.15) is 0 Å². The molecule has 1 aliphatic rings. The summed E-state index contributed by atoms with van der Waals surface area (Å²) in [4.78, 5) is 9.96. The van der Waals surface area contributed by atoms with Gasteiger partial charge in [-0.25, -0.2) is 9.97 Å². The minimum absolute atomic E-state index is 0.0498. The molecule has 0 saturated heterocycles. The van der Waals surface area contributed by atoms with Crippen LogP contribution < -0.4 is 0 Å². The second-order valence-electron chi connectivity index (χ2n) is 9.27. The van der Waals surface area contributed by atoms with Crippen molar-refractivity contribution in [3.05, 3.63) is 119 Å². The molecule has 0 N–H and O–H groups in total. The molecule has 0 atom stereocenters. The third-order valence-electron chi connectivity index (χ3n) is 6.78. The van der Waals surface area contributed by atoms with Gasteiger partial charge in [-0.1, -0.05) is 109 Å². The van der Waals surface area contributed by atoms with Crippen LogP contribution in [0.2, 0.25) is 0 Å². The Balaban J connectivity index is 1.53. The van der Waals surface area contributed by atoms with Crippen molar-refractivity contribution in [2.24, 2.45) is 0 Å². The number of benzene rings is 4. The maximum Gasteiger partial charge on any atom is 0.160 e. The van der Waals surface area contributed by atoms with Crippen LogP contribution in [0.1, 0.15) is 25.0 Å². The summed E-state index contributed by atoms with van der Waals surface area (Å²) in [7, 11) is 0. The Labute approximate surface area is 208 Å². The lowest BCUT2D eigenvalue weighted by atomic mass is 9.82. The number of nitrogens with zero attached hydrogens (tertiary/aromatic N) is 2. The molecule has 4 aromatic carbocycles. The summed E-state index contributed by atoms with van der Waals surface area (Å²) in [5.74, 6) is 0.735. The molecule has 0 unspecified atom stereocenters. The van der Waals surface area contributed by atoms with Gasteiger partial charge in [0.15, 0.2) is 5.82 Å². The van der Waals surface area contributed by atoms with E-state index in [1.807, 2.05) is 18.2 Å².